The average molecular weight is 329 g/mol. The predicted octanol–water partition coefficient (Wildman–Crippen LogP) is 5.81. The summed E-state index contributed by atoms with van der Waals surface area (Å²) in [4.78, 5) is 0. The second-order valence-corrected chi connectivity index (χ2v) is 7.81. The van der Waals surface area contributed by atoms with Crippen molar-refractivity contribution in [3.05, 3.63) is 0 Å². The normalized spacial score (nSPS) is 27.9. The Kier molecular flexibility index (Phi) is 6.85. The van der Waals surface area contributed by atoms with Crippen molar-refractivity contribution < 1.29 is 17.9 Å². The van der Waals surface area contributed by atoms with Gasteiger partial charge in [-0.05, 0) is 55.3 Å². The summed E-state index contributed by atoms with van der Waals surface area (Å²) in [5.74, 6) is 1.32. The van der Waals surface area contributed by atoms with Gasteiger partial charge >= 0.3 is 6.18 Å². The fourth-order valence-electron chi connectivity index (χ4n) is 3.28. The zero-order valence-corrected chi connectivity index (χ0v) is 14.1. The van der Waals surface area contributed by atoms with Crippen LogP contribution < -0.4 is 0 Å². The van der Waals surface area contributed by atoms with E-state index in [1.807, 2.05) is 0 Å². The maximum atomic E-state index is 12.0. The van der Waals surface area contributed by atoms with E-state index in [-0.39, 0.29) is 12.0 Å². The van der Waals surface area contributed by atoms with E-state index in [1.54, 1.807) is 0 Å². The highest BCUT2D eigenvalue weighted by Crippen LogP contribution is 2.48. The molecule has 0 spiro atoms. The van der Waals surface area contributed by atoms with E-state index >= 15 is 0 Å². The van der Waals surface area contributed by atoms with E-state index in [2.05, 4.69) is 25.5 Å². The number of alkyl halides is 4. The van der Waals surface area contributed by atoms with Gasteiger partial charge in [0.15, 0.2) is 0 Å². The van der Waals surface area contributed by atoms with Gasteiger partial charge in [-0.25, -0.2) is 0 Å². The van der Waals surface area contributed by atoms with Crippen LogP contribution in [0.2, 0.25) is 0 Å². The molecule has 0 radical (unpaired) electrons. The third-order valence-electron chi connectivity index (χ3n) is 4.82. The van der Waals surface area contributed by atoms with E-state index in [0.717, 1.165) is 25.2 Å². The second-order valence-electron chi connectivity index (χ2n) is 7.55. The van der Waals surface area contributed by atoms with Crippen LogP contribution in [0, 0.1) is 16.7 Å². The van der Waals surface area contributed by atoms with Crippen molar-refractivity contribution in [2.45, 2.75) is 65.5 Å². The van der Waals surface area contributed by atoms with E-state index < -0.39 is 12.8 Å². The van der Waals surface area contributed by atoms with Gasteiger partial charge in [-0.1, -0.05) is 20.8 Å². The lowest BCUT2D eigenvalue weighted by atomic mass is 9.63. The summed E-state index contributed by atoms with van der Waals surface area (Å²) in [6.07, 6.45) is 1.79. The van der Waals surface area contributed by atoms with E-state index in [0.29, 0.717) is 17.7 Å². The molecule has 1 aliphatic rings. The van der Waals surface area contributed by atoms with Crippen LogP contribution >= 0.6 is 11.6 Å². The summed E-state index contributed by atoms with van der Waals surface area (Å²) in [5, 5.41) is 0. The molecule has 0 unspecified atom stereocenters. The fourth-order valence-corrected chi connectivity index (χ4v) is 3.68. The van der Waals surface area contributed by atoms with Gasteiger partial charge in [-0.3, -0.25) is 0 Å². The van der Waals surface area contributed by atoms with Crippen molar-refractivity contribution in [2.24, 2.45) is 16.7 Å². The predicted molar refractivity (Wildman–Crippen MR) is 80.7 cm³/mol. The number of hydrogen-bond acceptors (Lipinski definition) is 1. The molecule has 0 heterocycles. The van der Waals surface area contributed by atoms with Crippen molar-refractivity contribution in [3.8, 4) is 0 Å². The van der Waals surface area contributed by atoms with Gasteiger partial charge in [-0.2, -0.15) is 13.2 Å². The molecule has 0 aromatic rings. The number of hydrogen-bond donors (Lipinski definition) is 0. The third kappa shape index (κ3) is 6.77. The number of halogens is 4. The van der Waals surface area contributed by atoms with Crippen LogP contribution in [0.1, 0.15) is 59.3 Å². The van der Waals surface area contributed by atoms with Crippen molar-refractivity contribution in [2.75, 3.05) is 19.1 Å². The van der Waals surface area contributed by atoms with Crippen LogP contribution in [0.5, 0.6) is 0 Å². The maximum absolute atomic E-state index is 12.0. The minimum Gasteiger partial charge on any atom is -0.372 e. The Bertz CT molecular complexity index is 302. The molecule has 0 bridgehead atoms. The van der Waals surface area contributed by atoms with Gasteiger partial charge in [0.05, 0.1) is 0 Å². The monoisotopic (exact) mass is 328 g/mol. The molecule has 0 aromatic heterocycles. The topological polar surface area (TPSA) is 9.23 Å². The first-order valence-corrected chi connectivity index (χ1v) is 8.32. The zero-order chi connectivity index (χ0) is 16.1. The van der Waals surface area contributed by atoms with Crippen molar-refractivity contribution in [1.82, 2.24) is 0 Å². The molecule has 0 N–H and O–H groups in total. The molecule has 0 atom stereocenters. The zero-order valence-electron chi connectivity index (χ0n) is 13.4. The molecule has 1 rings (SSSR count). The van der Waals surface area contributed by atoms with Crippen LogP contribution in [-0.4, -0.2) is 25.3 Å². The Morgan fingerprint density at radius 3 is 2.14 bits per heavy atom. The highest BCUT2D eigenvalue weighted by Gasteiger charge is 2.37. The molecule has 0 aromatic carbocycles. The summed E-state index contributed by atoms with van der Waals surface area (Å²) >= 11 is 6.16. The van der Waals surface area contributed by atoms with E-state index in [9.17, 15) is 13.2 Å². The molecule has 0 amide bonds. The summed E-state index contributed by atoms with van der Waals surface area (Å²) in [6.45, 7) is 5.84. The first-order valence-electron chi connectivity index (χ1n) is 7.78. The largest absolute Gasteiger partial charge is 0.411 e. The van der Waals surface area contributed by atoms with Gasteiger partial charge in [0, 0.05) is 12.5 Å². The van der Waals surface area contributed by atoms with Crippen molar-refractivity contribution in [3.63, 3.8) is 0 Å². The number of rotatable bonds is 6. The summed E-state index contributed by atoms with van der Waals surface area (Å²) in [5.41, 5.74) is 0.430. The van der Waals surface area contributed by atoms with Crippen LogP contribution in [0.3, 0.4) is 0 Å². The van der Waals surface area contributed by atoms with Gasteiger partial charge in [0.2, 0.25) is 0 Å². The van der Waals surface area contributed by atoms with Crippen LogP contribution in [0.4, 0.5) is 13.2 Å². The highest BCUT2D eigenvalue weighted by molar-refractivity contribution is 6.18. The summed E-state index contributed by atoms with van der Waals surface area (Å²) in [7, 11) is 0. The smallest absolute Gasteiger partial charge is 0.372 e. The van der Waals surface area contributed by atoms with Gasteiger partial charge in [0.1, 0.15) is 6.61 Å². The van der Waals surface area contributed by atoms with Crippen molar-refractivity contribution in [1.29, 1.82) is 0 Å². The molecule has 0 saturated heterocycles. The Labute approximate surface area is 131 Å². The molecular weight excluding hydrogens is 301 g/mol. The third-order valence-corrected chi connectivity index (χ3v) is 5.38. The number of ether oxygens (including phenoxy) is 1. The molecular formula is C16H28ClF3O. The first-order chi connectivity index (χ1) is 9.58. The van der Waals surface area contributed by atoms with Crippen LogP contribution in [0.15, 0.2) is 0 Å². The Hall–Kier alpha value is 0.0400. The van der Waals surface area contributed by atoms with Gasteiger partial charge in [-0.15, -0.1) is 11.6 Å². The Morgan fingerprint density at radius 2 is 1.71 bits per heavy atom. The lowest BCUT2D eigenvalue weighted by molar-refractivity contribution is -0.174. The molecule has 126 valence electrons. The first kappa shape index (κ1) is 19.1. The highest BCUT2D eigenvalue weighted by atomic mass is 35.5. The Balaban J connectivity index is 2.32. The molecule has 1 fully saturated rings. The van der Waals surface area contributed by atoms with E-state index in [1.165, 1.54) is 12.8 Å². The summed E-state index contributed by atoms with van der Waals surface area (Å²) < 4.78 is 40.6. The van der Waals surface area contributed by atoms with Crippen molar-refractivity contribution >= 4 is 11.6 Å². The second kappa shape index (κ2) is 7.54. The standard InChI is InChI=1S/C16H28ClF3O/c1-14(2,3)13-5-8-15(11-17,9-6-13)7-4-10-21-12-16(18,19)20/h13H,4-12H2,1-3H3. The SMILES string of the molecule is CC(C)(C)C1CCC(CCl)(CCCOCC(F)(F)F)CC1. The molecule has 0 aliphatic heterocycles. The maximum Gasteiger partial charge on any atom is 0.411 e. The average Bonchev–Trinajstić information content (AvgIpc) is 2.36. The fraction of sp³-hybridized carbons (Fsp3) is 1.00. The van der Waals surface area contributed by atoms with Crippen LogP contribution in [0.25, 0.3) is 0 Å². The molecule has 1 aliphatic carbocycles. The Morgan fingerprint density at radius 1 is 1.14 bits per heavy atom. The molecule has 1 nitrogen and oxygen atoms in total. The van der Waals surface area contributed by atoms with E-state index in [4.69, 9.17) is 11.6 Å². The van der Waals surface area contributed by atoms with Gasteiger partial charge < -0.3 is 4.74 Å². The van der Waals surface area contributed by atoms with Crippen LogP contribution in [-0.2, 0) is 4.74 Å². The quantitative estimate of drug-likeness (QED) is 0.442. The molecule has 5 heteroatoms. The lowest BCUT2D eigenvalue weighted by Gasteiger charge is -2.43. The lowest BCUT2D eigenvalue weighted by Crippen LogP contribution is -2.34. The van der Waals surface area contributed by atoms with Gasteiger partial charge in [0.25, 0.3) is 0 Å². The minimum absolute atomic E-state index is 0.102. The molecule has 21 heavy (non-hydrogen) atoms. The molecule has 1 saturated carbocycles. The summed E-state index contributed by atoms with van der Waals surface area (Å²) in [6, 6.07) is 0. The minimum atomic E-state index is -4.23.